The summed E-state index contributed by atoms with van der Waals surface area (Å²) in [6.45, 7) is 7.17. The summed E-state index contributed by atoms with van der Waals surface area (Å²) in [6, 6.07) is 0.953. The summed E-state index contributed by atoms with van der Waals surface area (Å²) in [6.07, 6.45) is 2.13. The Bertz CT molecular complexity index is 529. The van der Waals surface area contributed by atoms with Gasteiger partial charge in [-0.05, 0) is 39.3 Å². The van der Waals surface area contributed by atoms with Gasteiger partial charge in [-0.1, -0.05) is 0 Å². The van der Waals surface area contributed by atoms with Crippen LogP contribution in [0.3, 0.4) is 0 Å². The smallest absolute Gasteiger partial charge is 0.407 e. The highest BCUT2D eigenvalue weighted by molar-refractivity contribution is 5.77. The summed E-state index contributed by atoms with van der Waals surface area (Å²) < 4.78 is 18.1. The molecule has 0 radical (unpaired) electrons. The lowest BCUT2D eigenvalue weighted by atomic mass is 10.1. The van der Waals surface area contributed by atoms with E-state index in [4.69, 9.17) is 4.74 Å². The summed E-state index contributed by atoms with van der Waals surface area (Å²) >= 11 is 0. The summed E-state index contributed by atoms with van der Waals surface area (Å²) in [5.41, 5.74) is -0.000866. The minimum absolute atomic E-state index is 0.103. The van der Waals surface area contributed by atoms with E-state index in [9.17, 15) is 14.0 Å². The van der Waals surface area contributed by atoms with Crippen LogP contribution in [-0.4, -0.2) is 29.1 Å². The number of hydrogen-bond acceptors (Lipinski definition) is 4. The van der Waals surface area contributed by atoms with Crippen LogP contribution in [0.1, 0.15) is 45.7 Å². The van der Waals surface area contributed by atoms with Gasteiger partial charge in [0.2, 0.25) is 5.91 Å². The zero-order valence-electron chi connectivity index (χ0n) is 13.3. The molecule has 0 saturated carbocycles. The normalized spacial score (nSPS) is 12.4. The third-order valence-corrected chi connectivity index (χ3v) is 2.62. The molecule has 122 valence electrons. The van der Waals surface area contributed by atoms with Gasteiger partial charge in [-0.15, -0.1) is 0 Å². The maximum atomic E-state index is 13.1. The topological polar surface area (TPSA) is 80.3 Å². The van der Waals surface area contributed by atoms with Gasteiger partial charge in [-0.3, -0.25) is 9.78 Å². The number of nitrogens with one attached hydrogen (secondary N) is 2. The second kappa shape index (κ2) is 7.72. The van der Waals surface area contributed by atoms with Crippen molar-refractivity contribution < 1.29 is 18.7 Å². The molecule has 1 heterocycles. The molecule has 6 nitrogen and oxygen atoms in total. The van der Waals surface area contributed by atoms with E-state index < -0.39 is 17.5 Å². The van der Waals surface area contributed by atoms with E-state index in [0.29, 0.717) is 5.56 Å². The molecule has 1 atom stereocenters. The SMILES string of the molecule is C[C@@H](NC(=O)CCNC(=O)OC(C)(C)C)c1cncc(F)c1. The van der Waals surface area contributed by atoms with Gasteiger partial charge in [-0.2, -0.15) is 0 Å². The molecule has 0 fully saturated rings. The third-order valence-electron chi connectivity index (χ3n) is 2.62. The summed E-state index contributed by atoms with van der Waals surface area (Å²) in [5.74, 6) is -0.710. The first kappa shape index (κ1) is 17.9. The van der Waals surface area contributed by atoms with Crippen molar-refractivity contribution in [1.82, 2.24) is 15.6 Å². The van der Waals surface area contributed by atoms with Gasteiger partial charge < -0.3 is 15.4 Å². The zero-order chi connectivity index (χ0) is 16.8. The monoisotopic (exact) mass is 311 g/mol. The highest BCUT2D eigenvalue weighted by atomic mass is 19.1. The predicted molar refractivity (Wildman–Crippen MR) is 79.6 cm³/mol. The number of hydrogen-bond donors (Lipinski definition) is 2. The molecule has 0 aliphatic rings. The molecule has 0 unspecified atom stereocenters. The summed E-state index contributed by atoms with van der Waals surface area (Å²) in [4.78, 5) is 26.9. The van der Waals surface area contributed by atoms with Gasteiger partial charge in [-0.25, -0.2) is 9.18 Å². The largest absolute Gasteiger partial charge is 0.444 e. The van der Waals surface area contributed by atoms with E-state index in [0.717, 1.165) is 6.20 Å². The molecule has 2 amide bonds. The lowest BCUT2D eigenvalue weighted by molar-refractivity contribution is -0.121. The van der Waals surface area contributed by atoms with Crippen LogP contribution < -0.4 is 10.6 Å². The number of carbonyl (C=O) groups excluding carboxylic acids is 2. The molecule has 1 aromatic rings. The number of halogens is 1. The molecule has 0 bridgehead atoms. The van der Waals surface area contributed by atoms with Gasteiger partial charge in [0, 0.05) is 19.2 Å². The van der Waals surface area contributed by atoms with E-state index in [2.05, 4.69) is 15.6 Å². The first-order valence-electron chi connectivity index (χ1n) is 7.04. The molecule has 2 N–H and O–H groups in total. The highest BCUT2D eigenvalue weighted by Crippen LogP contribution is 2.12. The Morgan fingerprint density at radius 2 is 2.05 bits per heavy atom. The zero-order valence-corrected chi connectivity index (χ0v) is 13.3. The number of aromatic nitrogens is 1. The quantitative estimate of drug-likeness (QED) is 0.874. The van der Waals surface area contributed by atoms with Gasteiger partial charge in [0.25, 0.3) is 0 Å². The van der Waals surface area contributed by atoms with Crippen LogP contribution in [0.4, 0.5) is 9.18 Å². The van der Waals surface area contributed by atoms with E-state index in [-0.39, 0.29) is 24.9 Å². The van der Waals surface area contributed by atoms with Crippen molar-refractivity contribution in [3.8, 4) is 0 Å². The van der Waals surface area contributed by atoms with Crippen LogP contribution in [0.15, 0.2) is 18.5 Å². The molecule has 0 spiro atoms. The lowest BCUT2D eigenvalue weighted by Crippen LogP contribution is -2.35. The van der Waals surface area contributed by atoms with Crippen molar-refractivity contribution in [2.24, 2.45) is 0 Å². The summed E-state index contributed by atoms with van der Waals surface area (Å²) in [7, 11) is 0. The minimum Gasteiger partial charge on any atom is -0.444 e. The fraction of sp³-hybridized carbons (Fsp3) is 0.533. The maximum Gasteiger partial charge on any atom is 0.407 e. The number of nitrogens with zero attached hydrogens (tertiary/aromatic N) is 1. The lowest BCUT2D eigenvalue weighted by Gasteiger charge is -2.19. The van der Waals surface area contributed by atoms with E-state index in [1.807, 2.05) is 0 Å². The number of ether oxygens (including phenoxy) is 1. The predicted octanol–water partition coefficient (Wildman–Crippen LogP) is 2.31. The Hall–Kier alpha value is -2.18. The van der Waals surface area contributed by atoms with Crippen molar-refractivity contribution in [2.45, 2.75) is 45.8 Å². The number of alkyl carbamates (subject to hydrolysis) is 1. The van der Waals surface area contributed by atoms with E-state index >= 15 is 0 Å². The highest BCUT2D eigenvalue weighted by Gasteiger charge is 2.16. The summed E-state index contributed by atoms with van der Waals surface area (Å²) in [5, 5.41) is 5.21. The van der Waals surface area contributed by atoms with E-state index in [1.165, 1.54) is 12.3 Å². The van der Waals surface area contributed by atoms with Crippen LogP contribution in [0.5, 0.6) is 0 Å². The molecular formula is C15H22FN3O3. The van der Waals surface area contributed by atoms with Crippen LogP contribution in [0, 0.1) is 5.82 Å². The second-order valence-corrected chi connectivity index (χ2v) is 5.90. The maximum absolute atomic E-state index is 13.1. The van der Waals surface area contributed by atoms with Crippen LogP contribution in [0.2, 0.25) is 0 Å². The molecular weight excluding hydrogens is 289 g/mol. The van der Waals surface area contributed by atoms with Crippen molar-refractivity contribution in [3.63, 3.8) is 0 Å². The van der Waals surface area contributed by atoms with Crippen molar-refractivity contribution in [2.75, 3.05) is 6.54 Å². The van der Waals surface area contributed by atoms with Gasteiger partial charge >= 0.3 is 6.09 Å². The second-order valence-electron chi connectivity index (χ2n) is 5.90. The van der Waals surface area contributed by atoms with Crippen molar-refractivity contribution in [1.29, 1.82) is 0 Å². The standard InChI is InChI=1S/C15H22FN3O3/c1-10(11-7-12(16)9-17-8-11)19-13(20)5-6-18-14(21)22-15(2,3)4/h7-10H,5-6H2,1-4H3,(H,18,21)(H,19,20)/t10-/m1/s1. The Labute approximate surface area is 129 Å². The van der Waals surface area contributed by atoms with Crippen molar-refractivity contribution >= 4 is 12.0 Å². The number of pyridine rings is 1. The van der Waals surface area contributed by atoms with Crippen LogP contribution in [-0.2, 0) is 9.53 Å². The third kappa shape index (κ3) is 7.01. The molecule has 0 saturated heterocycles. The van der Waals surface area contributed by atoms with Crippen LogP contribution in [0.25, 0.3) is 0 Å². The Kier molecular flexibility index (Phi) is 6.27. The average Bonchev–Trinajstić information content (AvgIpc) is 2.36. The first-order chi connectivity index (χ1) is 10.2. The van der Waals surface area contributed by atoms with Gasteiger partial charge in [0.05, 0.1) is 12.2 Å². The molecule has 22 heavy (non-hydrogen) atoms. The molecule has 0 aliphatic heterocycles. The molecule has 1 rings (SSSR count). The Balaban J connectivity index is 2.33. The molecule has 7 heteroatoms. The Morgan fingerprint density at radius 3 is 2.64 bits per heavy atom. The van der Waals surface area contributed by atoms with E-state index in [1.54, 1.807) is 27.7 Å². The fourth-order valence-electron chi connectivity index (χ4n) is 1.65. The first-order valence-corrected chi connectivity index (χ1v) is 7.04. The number of carbonyl (C=O) groups is 2. The Morgan fingerprint density at radius 1 is 1.36 bits per heavy atom. The van der Waals surface area contributed by atoms with Crippen LogP contribution >= 0.6 is 0 Å². The average molecular weight is 311 g/mol. The van der Waals surface area contributed by atoms with Gasteiger partial charge in [0.15, 0.2) is 0 Å². The molecule has 1 aromatic heterocycles. The number of amides is 2. The van der Waals surface area contributed by atoms with Crippen molar-refractivity contribution in [3.05, 3.63) is 29.8 Å². The number of rotatable bonds is 5. The molecule has 0 aliphatic carbocycles. The fourth-order valence-corrected chi connectivity index (χ4v) is 1.65. The molecule has 0 aromatic carbocycles. The van der Waals surface area contributed by atoms with Gasteiger partial charge in [0.1, 0.15) is 11.4 Å². The minimum atomic E-state index is -0.578.